The highest BCUT2D eigenvalue weighted by atomic mass is 79.9. The predicted octanol–water partition coefficient (Wildman–Crippen LogP) is 4.91. The molecular formula is C19H16BrFN4OS. The van der Waals surface area contributed by atoms with E-state index >= 15 is 0 Å². The number of rotatable bonds is 6. The third kappa shape index (κ3) is 4.39. The summed E-state index contributed by atoms with van der Waals surface area (Å²) in [6.07, 6.45) is 1.93. The Morgan fingerprint density at radius 1 is 1.11 bits per heavy atom. The molecule has 0 spiro atoms. The summed E-state index contributed by atoms with van der Waals surface area (Å²) in [7, 11) is 0. The van der Waals surface area contributed by atoms with Gasteiger partial charge in [0.25, 0.3) is 5.56 Å². The number of thioether (sulfide) groups is 1. The molecule has 0 aliphatic heterocycles. The summed E-state index contributed by atoms with van der Waals surface area (Å²) in [6.45, 7) is 0. The Morgan fingerprint density at radius 2 is 1.81 bits per heavy atom. The lowest BCUT2D eigenvalue weighted by Gasteiger charge is -2.13. The van der Waals surface area contributed by atoms with Gasteiger partial charge >= 0.3 is 0 Å². The van der Waals surface area contributed by atoms with Crippen molar-refractivity contribution in [1.29, 1.82) is 0 Å². The Morgan fingerprint density at radius 3 is 2.48 bits per heavy atom. The van der Waals surface area contributed by atoms with E-state index in [2.05, 4.69) is 31.4 Å². The molecule has 0 radical (unpaired) electrons. The first kappa shape index (κ1) is 18.2. The molecular weight excluding hydrogens is 431 g/mol. The standard InChI is InChI=1S/C19H16BrFN4OS/c20-12-1-5-14(6-2-12)22-19-24-23-17(18(26)25(19)15-7-8-15)11-27-16-9-3-13(21)4-10-16/h1-6,9-10,15H,7-8,11H2,(H,22,24). The molecule has 2 aromatic carbocycles. The maximum atomic E-state index is 13.0. The minimum Gasteiger partial charge on any atom is -0.324 e. The smallest absolute Gasteiger partial charge is 0.278 e. The first-order chi connectivity index (χ1) is 13.1. The summed E-state index contributed by atoms with van der Waals surface area (Å²) < 4.78 is 15.7. The maximum Gasteiger partial charge on any atom is 0.278 e. The van der Waals surface area contributed by atoms with Gasteiger partial charge in [0, 0.05) is 26.9 Å². The number of benzene rings is 2. The number of nitrogens with one attached hydrogen (secondary N) is 1. The van der Waals surface area contributed by atoms with Gasteiger partial charge in [-0.25, -0.2) is 4.39 Å². The Hall–Kier alpha value is -2.19. The van der Waals surface area contributed by atoms with Crippen LogP contribution in [0.2, 0.25) is 0 Å². The van der Waals surface area contributed by atoms with E-state index < -0.39 is 0 Å². The van der Waals surface area contributed by atoms with Gasteiger partial charge in [-0.15, -0.1) is 22.0 Å². The van der Waals surface area contributed by atoms with Crippen LogP contribution in [0.5, 0.6) is 0 Å². The number of nitrogens with zero attached hydrogens (tertiary/aromatic N) is 3. The summed E-state index contributed by atoms with van der Waals surface area (Å²) in [5, 5.41) is 11.6. The molecule has 3 aromatic rings. The third-order valence-corrected chi connectivity index (χ3v) is 5.71. The molecule has 1 N–H and O–H groups in total. The molecule has 0 unspecified atom stereocenters. The van der Waals surface area contributed by atoms with Crippen LogP contribution in [0.15, 0.2) is 62.7 Å². The SMILES string of the molecule is O=c1c(CSc2ccc(F)cc2)nnc(Nc2ccc(Br)cc2)n1C1CC1. The Kier molecular flexibility index (Phi) is 5.27. The van der Waals surface area contributed by atoms with Crippen LogP contribution in [0.3, 0.4) is 0 Å². The van der Waals surface area contributed by atoms with E-state index in [1.54, 1.807) is 16.7 Å². The van der Waals surface area contributed by atoms with E-state index in [1.165, 1.54) is 23.9 Å². The lowest BCUT2D eigenvalue weighted by atomic mass is 10.3. The average molecular weight is 447 g/mol. The molecule has 8 heteroatoms. The molecule has 5 nitrogen and oxygen atoms in total. The highest BCUT2D eigenvalue weighted by Gasteiger charge is 2.29. The van der Waals surface area contributed by atoms with Crippen LogP contribution in [0.1, 0.15) is 24.6 Å². The van der Waals surface area contributed by atoms with Gasteiger partial charge in [0.1, 0.15) is 11.5 Å². The van der Waals surface area contributed by atoms with Crippen molar-refractivity contribution in [3.63, 3.8) is 0 Å². The second-order valence-electron chi connectivity index (χ2n) is 6.25. The minimum atomic E-state index is -0.279. The fraction of sp³-hybridized carbons (Fsp3) is 0.211. The van der Waals surface area contributed by atoms with E-state index in [9.17, 15) is 9.18 Å². The van der Waals surface area contributed by atoms with Crippen LogP contribution >= 0.6 is 27.7 Å². The molecule has 138 valence electrons. The number of hydrogen-bond donors (Lipinski definition) is 1. The summed E-state index contributed by atoms with van der Waals surface area (Å²) in [6, 6.07) is 14.0. The molecule has 1 aliphatic carbocycles. The summed E-state index contributed by atoms with van der Waals surface area (Å²) in [5.41, 5.74) is 1.12. The predicted molar refractivity (Wildman–Crippen MR) is 108 cm³/mol. The molecule has 1 aliphatic rings. The lowest BCUT2D eigenvalue weighted by Crippen LogP contribution is -2.27. The van der Waals surface area contributed by atoms with E-state index in [4.69, 9.17) is 0 Å². The van der Waals surface area contributed by atoms with Gasteiger partial charge in [0.2, 0.25) is 5.95 Å². The summed E-state index contributed by atoms with van der Waals surface area (Å²) >= 11 is 4.85. The van der Waals surface area contributed by atoms with Gasteiger partial charge in [-0.05, 0) is 61.4 Å². The Labute approximate surface area is 168 Å². The van der Waals surface area contributed by atoms with Gasteiger partial charge in [-0.1, -0.05) is 15.9 Å². The normalized spacial score (nSPS) is 13.6. The van der Waals surface area contributed by atoms with Crippen LogP contribution in [0.4, 0.5) is 16.0 Å². The van der Waals surface area contributed by atoms with Crippen molar-refractivity contribution in [2.75, 3.05) is 5.32 Å². The zero-order chi connectivity index (χ0) is 18.8. The van der Waals surface area contributed by atoms with E-state index in [0.29, 0.717) is 17.4 Å². The van der Waals surface area contributed by atoms with Crippen molar-refractivity contribution >= 4 is 39.3 Å². The second-order valence-corrected chi connectivity index (χ2v) is 8.22. The van der Waals surface area contributed by atoms with Crippen molar-refractivity contribution < 1.29 is 4.39 Å². The van der Waals surface area contributed by atoms with Crippen LogP contribution in [0, 0.1) is 5.82 Å². The van der Waals surface area contributed by atoms with Crippen LogP contribution in [0.25, 0.3) is 0 Å². The van der Waals surface area contributed by atoms with E-state index in [0.717, 1.165) is 27.9 Å². The van der Waals surface area contributed by atoms with Gasteiger partial charge < -0.3 is 5.32 Å². The molecule has 1 aromatic heterocycles. The first-order valence-corrected chi connectivity index (χ1v) is 10.3. The van der Waals surface area contributed by atoms with Gasteiger partial charge in [0.15, 0.2) is 0 Å². The lowest BCUT2D eigenvalue weighted by molar-refractivity contribution is 0.626. The maximum absolute atomic E-state index is 13.0. The van der Waals surface area contributed by atoms with Gasteiger partial charge in [0.05, 0.1) is 0 Å². The number of halogens is 2. The van der Waals surface area contributed by atoms with Gasteiger partial charge in [-0.2, -0.15) is 0 Å². The van der Waals surface area contributed by atoms with Crippen molar-refractivity contribution in [2.45, 2.75) is 29.5 Å². The monoisotopic (exact) mass is 446 g/mol. The molecule has 1 saturated carbocycles. The topological polar surface area (TPSA) is 59.8 Å². The molecule has 1 heterocycles. The Balaban J connectivity index is 1.57. The van der Waals surface area contributed by atoms with Crippen molar-refractivity contribution in [2.24, 2.45) is 0 Å². The number of hydrogen-bond acceptors (Lipinski definition) is 5. The molecule has 0 bridgehead atoms. The fourth-order valence-electron chi connectivity index (χ4n) is 2.63. The quantitative estimate of drug-likeness (QED) is 0.545. The third-order valence-electron chi connectivity index (χ3n) is 4.16. The highest BCUT2D eigenvalue weighted by molar-refractivity contribution is 9.10. The fourth-order valence-corrected chi connectivity index (χ4v) is 3.70. The Bertz CT molecular complexity index is 1000. The largest absolute Gasteiger partial charge is 0.324 e. The van der Waals surface area contributed by atoms with Crippen LogP contribution in [-0.4, -0.2) is 14.8 Å². The average Bonchev–Trinajstić information content (AvgIpc) is 3.49. The number of aromatic nitrogens is 3. The summed E-state index contributed by atoms with van der Waals surface area (Å²) in [4.78, 5) is 13.8. The van der Waals surface area contributed by atoms with Gasteiger partial charge in [-0.3, -0.25) is 9.36 Å². The number of anilines is 2. The first-order valence-electron chi connectivity index (χ1n) is 8.49. The molecule has 27 heavy (non-hydrogen) atoms. The molecule has 4 rings (SSSR count). The highest BCUT2D eigenvalue weighted by Crippen LogP contribution is 2.36. The molecule has 1 fully saturated rings. The molecule has 0 saturated heterocycles. The van der Waals surface area contributed by atoms with Crippen molar-refractivity contribution in [3.8, 4) is 0 Å². The zero-order valence-corrected chi connectivity index (χ0v) is 16.6. The van der Waals surface area contributed by atoms with Crippen LogP contribution in [-0.2, 0) is 5.75 Å². The second kappa shape index (κ2) is 7.82. The molecule has 0 amide bonds. The molecule has 0 atom stereocenters. The van der Waals surface area contributed by atoms with E-state index in [-0.39, 0.29) is 17.4 Å². The van der Waals surface area contributed by atoms with Crippen LogP contribution < -0.4 is 10.9 Å². The van der Waals surface area contributed by atoms with E-state index in [1.807, 2.05) is 24.3 Å². The zero-order valence-electron chi connectivity index (χ0n) is 14.2. The van der Waals surface area contributed by atoms with Crippen molar-refractivity contribution in [1.82, 2.24) is 14.8 Å². The van der Waals surface area contributed by atoms with Crippen molar-refractivity contribution in [3.05, 3.63) is 74.9 Å². The summed E-state index contributed by atoms with van der Waals surface area (Å²) in [5.74, 6) is 0.571. The minimum absolute atomic E-state index is 0.123.